The molecule has 0 saturated heterocycles. The normalized spacial score (nSPS) is 11.0. The van der Waals surface area contributed by atoms with Crippen LogP contribution < -0.4 is 4.74 Å². The van der Waals surface area contributed by atoms with Gasteiger partial charge in [-0.1, -0.05) is 52.3 Å². The van der Waals surface area contributed by atoms with Crippen molar-refractivity contribution in [1.29, 1.82) is 0 Å². The van der Waals surface area contributed by atoms with E-state index in [9.17, 15) is 0 Å². The summed E-state index contributed by atoms with van der Waals surface area (Å²) in [4.78, 5) is 4.64. The van der Waals surface area contributed by atoms with Gasteiger partial charge in [-0.3, -0.25) is 4.98 Å². The molecule has 0 N–H and O–H groups in total. The summed E-state index contributed by atoms with van der Waals surface area (Å²) in [5.74, 6) is 0.833. The Labute approximate surface area is 142 Å². The minimum absolute atomic E-state index is 0.833. The minimum atomic E-state index is 0.833. The van der Waals surface area contributed by atoms with Crippen LogP contribution in [0.2, 0.25) is 0 Å². The second-order valence-electron chi connectivity index (χ2n) is 5.40. The first-order valence-electron chi connectivity index (χ1n) is 7.38. The van der Waals surface area contributed by atoms with Crippen molar-refractivity contribution < 1.29 is 4.74 Å². The van der Waals surface area contributed by atoms with Crippen LogP contribution in [-0.4, -0.2) is 12.1 Å². The molecule has 23 heavy (non-hydrogen) atoms. The number of fused-ring (bicyclic) bond motifs is 2. The first-order valence-corrected chi connectivity index (χ1v) is 8.17. The fourth-order valence-electron chi connectivity index (χ4n) is 2.96. The molecule has 4 rings (SSSR count). The number of hydrogen-bond donors (Lipinski definition) is 0. The van der Waals surface area contributed by atoms with Gasteiger partial charge in [0.2, 0.25) is 0 Å². The molecule has 0 fully saturated rings. The summed E-state index contributed by atoms with van der Waals surface area (Å²) in [5.41, 5.74) is 1.93. The van der Waals surface area contributed by atoms with Crippen molar-refractivity contribution in [2.24, 2.45) is 0 Å². The number of ether oxygens (including phenoxy) is 1. The van der Waals surface area contributed by atoms with Crippen LogP contribution in [0.1, 0.15) is 0 Å². The Hall–Kier alpha value is -2.39. The number of methoxy groups -OCH3 is 1. The highest BCUT2D eigenvalue weighted by Gasteiger charge is 2.14. The van der Waals surface area contributed by atoms with Gasteiger partial charge in [0.15, 0.2) is 0 Å². The lowest BCUT2D eigenvalue weighted by Gasteiger charge is -2.13. The van der Waals surface area contributed by atoms with Gasteiger partial charge < -0.3 is 4.74 Å². The van der Waals surface area contributed by atoms with Crippen LogP contribution in [0.4, 0.5) is 0 Å². The summed E-state index contributed by atoms with van der Waals surface area (Å²) in [6, 6.07) is 20.7. The molecule has 0 saturated carbocycles. The van der Waals surface area contributed by atoms with Gasteiger partial charge in [0.25, 0.3) is 0 Å². The number of aromatic nitrogens is 1. The van der Waals surface area contributed by atoms with E-state index in [-0.39, 0.29) is 0 Å². The van der Waals surface area contributed by atoms with Gasteiger partial charge in [0.1, 0.15) is 5.75 Å². The summed E-state index contributed by atoms with van der Waals surface area (Å²) in [7, 11) is 1.70. The number of nitrogens with zero attached hydrogens (tertiary/aromatic N) is 1. The minimum Gasteiger partial charge on any atom is -0.496 e. The third-order valence-corrected chi connectivity index (χ3v) is 4.72. The van der Waals surface area contributed by atoms with Gasteiger partial charge in [-0.25, -0.2) is 0 Å². The Morgan fingerprint density at radius 2 is 1.61 bits per heavy atom. The molecule has 0 amide bonds. The van der Waals surface area contributed by atoms with Crippen LogP contribution >= 0.6 is 15.9 Å². The average Bonchev–Trinajstić information content (AvgIpc) is 2.60. The van der Waals surface area contributed by atoms with Gasteiger partial charge >= 0.3 is 0 Å². The fraction of sp³-hybridized carbons (Fsp3) is 0.0500. The summed E-state index contributed by atoms with van der Waals surface area (Å²) >= 11 is 3.66. The fourth-order valence-corrected chi connectivity index (χ4v) is 3.53. The van der Waals surface area contributed by atoms with E-state index in [4.69, 9.17) is 4.74 Å². The molecule has 0 radical (unpaired) electrons. The molecule has 0 aliphatic carbocycles. The molecule has 3 aromatic carbocycles. The molecule has 4 aromatic rings. The van der Waals surface area contributed by atoms with Crippen LogP contribution in [0.5, 0.6) is 5.75 Å². The Morgan fingerprint density at radius 1 is 0.870 bits per heavy atom. The van der Waals surface area contributed by atoms with Crippen molar-refractivity contribution >= 4 is 37.5 Å². The molecule has 0 bridgehead atoms. The van der Waals surface area contributed by atoms with E-state index in [2.05, 4.69) is 51.2 Å². The highest BCUT2D eigenvalue weighted by Crippen LogP contribution is 2.38. The predicted molar refractivity (Wildman–Crippen MR) is 98.9 cm³/mol. The third-order valence-electron chi connectivity index (χ3n) is 4.06. The predicted octanol–water partition coefficient (Wildman–Crippen LogP) is 5.83. The number of benzene rings is 3. The van der Waals surface area contributed by atoms with E-state index >= 15 is 0 Å². The molecule has 0 aliphatic rings. The molecule has 112 valence electrons. The second-order valence-corrected chi connectivity index (χ2v) is 6.25. The van der Waals surface area contributed by atoms with Gasteiger partial charge in [-0.2, -0.15) is 0 Å². The first-order chi connectivity index (χ1) is 11.3. The summed E-state index contributed by atoms with van der Waals surface area (Å²) < 4.78 is 6.68. The van der Waals surface area contributed by atoms with E-state index in [0.29, 0.717) is 0 Å². The molecule has 0 spiro atoms. The van der Waals surface area contributed by atoms with Crippen LogP contribution in [0.15, 0.2) is 71.3 Å². The number of rotatable bonds is 2. The topological polar surface area (TPSA) is 22.1 Å². The van der Waals surface area contributed by atoms with Crippen molar-refractivity contribution in [3.8, 4) is 17.0 Å². The molecule has 2 nitrogen and oxygen atoms in total. The molecule has 0 unspecified atom stereocenters. The molecular formula is C20H14BrNO. The van der Waals surface area contributed by atoms with E-state index in [1.165, 1.54) is 5.39 Å². The average molecular weight is 364 g/mol. The molecule has 0 aliphatic heterocycles. The van der Waals surface area contributed by atoms with Crippen LogP contribution in [0.3, 0.4) is 0 Å². The van der Waals surface area contributed by atoms with Gasteiger partial charge in [-0.05, 0) is 40.4 Å². The van der Waals surface area contributed by atoms with Gasteiger partial charge in [-0.15, -0.1) is 0 Å². The molecule has 3 heteroatoms. The van der Waals surface area contributed by atoms with E-state index in [1.807, 2.05) is 36.5 Å². The lowest BCUT2D eigenvalue weighted by molar-refractivity contribution is 0.417. The monoisotopic (exact) mass is 363 g/mol. The number of hydrogen-bond acceptors (Lipinski definition) is 2. The maximum Gasteiger partial charge on any atom is 0.128 e. The number of halogens is 1. The van der Waals surface area contributed by atoms with Gasteiger partial charge in [0, 0.05) is 21.6 Å². The lowest BCUT2D eigenvalue weighted by Crippen LogP contribution is -1.92. The van der Waals surface area contributed by atoms with Gasteiger partial charge in [0.05, 0.1) is 12.8 Å². The summed E-state index contributed by atoms with van der Waals surface area (Å²) in [6.07, 6.45) is 1.85. The summed E-state index contributed by atoms with van der Waals surface area (Å²) in [6.45, 7) is 0. The standard InChI is InChI=1S/C20H14BrNO/c1-23-18-12-15-6-3-2-5-14(15)11-16(18)20-19-13(9-10-22-20)7-4-8-17(19)21/h2-12H,1H3. The Kier molecular flexibility index (Phi) is 3.50. The van der Waals surface area contributed by atoms with Crippen molar-refractivity contribution in [2.45, 2.75) is 0 Å². The SMILES string of the molecule is COc1cc2ccccc2cc1-c1nccc2cccc(Br)c12. The van der Waals surface area contributed by atoms with Crippen molar-refractivity contribution in [1.82, 2.24) is 4.98 Å². The maximum atomic E-state index is 5.64. The van der Waals surface area contributed by atoms with E-state index in [0.717, 1.165) is 37.6 Å². The van der Waals surface area contributed by atoms with E-state index < -0.39 is 0 Å². The third kappa shape index (κ3) is 2.37. The van der Waals surface area contributed by atoms with Crippen LogP contribution in [-0.2, 0) is 0 Å². The van der Waals surface area contributed by atoms with Crippen molar-refractivity contribution in [3.63, 3.8) is 0 Å². The lowest BCUT2D eigenvalue weighted by atomic mass is 9.99. The van der Waals surface area contributed by atoms with Crippen LogP contribution in [0, 0.1) is 0 Å². The smallest absolute Gasteiger partial charge is 0.128 e. The quantitative estimate of drug-likeness (QED) is 0.447. The molecule has 1 heterocycles. The molecule has 1 aromatic heterocycles. The van der Waals surface area contributed by atoms with Crippen molar-refractivity contribution in [2.75, 3.05) is 7.11 Å². The Morgan fingerprint density at radius 3 is 2.39 bits per heavy atom. The zero-order valence-corrected chi connectivity index (χ0v) is 14.2. The zero-order valence-electron chi connectivity index (χ0n) is 12.6. The highest BCUT2D eigenvalue weighted by atomic mass is 79.9. The first kappa shape index (κ1) is 14.2. The van der Waals surface area contributed by atoms with E-state index in [1.54, 1.807) is 7.11 Å². The largest absolute Gasteiger partial charge is 0.496 e. The Bertz CT molecular complexity index is 1020. The van der Waals surface area contributed by atoms with Crippen molar-refractivity contribution in [3.05, 3.63) is 71.3 Å². The molecule has 0 atom stereocenters. The zero-order chi connectivity index (χ0) is 15.8. The maximum absolute atomic E-state index is 5.64. The number of pyridine rings is 1. The highest BCUT2D eigenvalue weighted by molar-refractivity contribution is 9.10. The Balaban J connectivity index is 2.10. The van der Waals surface area contributed by atoms with Crippen LogP contribution in [0.25, 0.3) is 32.8 Å². The second kappa shape index (κ2) is 5.67. The molecular weight excluding hydrogens is 350 g/mol. The summed E-state index contributed by atoms with van der Waals surface area (Å²) in [5, 5.41) is 4.59.